The van der Waals surface area contributed by atoms with Crippen molar-refractivity contribution in [2.45, 2.75) is 58.7 Å². The first-order valence-electron chi connectivity index (χ1n) is 5.57. The van der Waals surface area contributed by atoms with Crippen molar-refractivity contribution in [2.24, 2.45) is 0 Å². The van der Waals surface area contributed by atoms with E-state index in [2.05, 4.69) is 37.9 Å². The summed E-state index contributed by atoms with van der Waals surface area (Å²) in [6, 6.07) is 0. The normalized spacial score (nSPS) is 21.2. The first kappa shape index (κ1) is 14.4. The van der Waals surface area contributed by atoms with E-state index in [4.69, 9.17) is 0 Å². The van der Waals surface area contributed by atoms with E-state index in [0.29, 0.717) is 11.7 Å². The van der Waals surface area contributed by atoms with Crippen LogP contribution < -0.4 is 0 Å². The average Bonchev–Trinajstić information content (AvgIpc) is 2.03. The second kappa shape index (κ2) is 6.12. The minimum atomic E-state index is 0. The van der Waals surface area contributed by atoms with Crippen molar-refractivity contribution < 1.29 is 17.1 Å². The zero-order chi connectivity index (χ0) is 9.90. The minimum absolute atomic E-state index is 0. The third-order valence-electron chi connectivity index (χ3n) is 3.36. The van der Waals surface area contributed by atoms with Gasteiger partial charge >= 0.3 is 17.1 Å². The van der Waals surface area contributed by atoms with Crippen molar-refractivity contribution in [3.8, 4) is 0 Å². The molecule has 3 heteroatoms. The summed E-state index contributed by atoms with van der Waals surface area (Å²) in [6.45, 7) is 11.0. The molecule has 0 saturated heterocycles. The van der Waals surface area contributed by atoms with Gasteiger partial charge in [-0.25, -0.2) is 0 Å². The zero-order valence-corrected chi connectivity index (χ0v) is 10.8. The van der Waals surface area contributed by atoms with Gasteiger partial charge in [-0.1, -0.05) is 26.9 Å². The van der Waals surface area contributed by atoms with Crippen LogP contribution in [-0.2, 0) is 17.1 Å². The van der Waals surface area contributed by atoms with Gasteiger partial charge in [0.2, 0.25) is 0 Å². The van der Waals surface area contributed by atoms with Crippen molar-refractivity contribution >= 4 is 0 Å². The summed E-state index contributed by atoms with van der Waals surface area (Å²) >= 11 is 0. The molecule has 0 aromatic heterocycles. The van der Waals surface area contributed by atoms with Crippen LogP contribution in [0.1, 0.15) is 47.0 Å². The Hall–Kier alpha value is 0.439. The molecular weight excluding hydrogens is 224 g/mol. The van der Waals surface area contributed by atoms with Gasteiger partial charge in [-0.2, -0.15) is 6.54 Å². The van der Waals surface area contributed by atoms with Gasteiger partial charge in [-0.05, 0) is 32.7 Å². The summed E-state index contributed by atoms with van der Waals surface area (Å²) in [6.07, 6.45) is 4.50. The van der Waals surface area contributed by atoms with Crippen molar-refractivity contribution in [2.75, 3.05) is 13.1 Å². The molecule has 1 rings (SSSR count). The molecule has 2 nitrogen and oxygen atoms in total. The van der Waals surface area contributed by atoms with E-state index in [1.54, 1.807) is 0 Å². The molecule has 0 aliphatic heterocycles. The van der Waals surface area contributed by atoms with Crippen LogP contribution in [0.5, 0.6) is 0 Å². The van der Waals surface area contributed by atoms with Gasteiger partial charge in [-0.15, -0.1) is 0 Å². The maximum atomic E-state index is 4.57. The van der Waals surface area contributed by atoms with E-state index in [1.807, 2.05) is 0 Å². The standard InChI is InChI=1S/C11H23N2.Cu/c1-5-12-10(3)13(6-2)11(4)8-7-9-11;/h10H,5-9H2,1-4H3;/q-1;+1. The van der Waals surface area contributed by atoms with Gasteiger partial charge in [-0.3, -0.25) is 0 Å². The molecule has 0 amide bonds. The van der Waals surface area contributed by atoms with Gasteiger partial charge < -0.3 is 10.2 Å². The summed E-state index contributed by atoms with van der Waals surface area (Å²) in [5, 5.41) is 4.57. The molecule has 0 spiro atoms. The molecular formula is C11H23CuN2. The first-order chi connectivity index (χ1) is 6.14. The average molecular weight is 247 g/mol. The fourth-order valence-electron chi connectivity index (χ4n) is 2.44. The topological polar surface area (TPSA) is 17.3 Å². The summed E-state index contributed by atoms with van der Waals surface area (Å²) in [5.41, 5.74) is 0.451. The number of rotatable bonds is 5. The molecule has 1 aliphatic carbocycles. The molecule has 0 aromatic rings. The molecule has 88 valence electrons. The Balaban J connectivity index is 0.00000169. The number of nitrogens with zero attached hydrogens (tertiary/aromatic N) is 2. The molecule has 1 aliphatic rings. The van der Waals surface area contributed by atoms with Crippen LogP contribution in [0.3, 0.4) is 0 Å². The fourth-order valence-corrected chi connectivity index (χ4v) is 2.44. The molecule has 0 aromatic carbocycles. The minimum Gasteiger partial charge on any atom is -0.647 e. The van der Waals surface area contributed by atoms with Gasteiger partial charge in [0.05, 0.1) is 0 Å². The van der Waals surface area contributed by atoms with Crippen molar-refractivity contribution in [1.82, 2.24) is 4.90 Å². The SMILES string of the molecule is CC[N-]C(C)N(CC)C1(C)CCC1.[Cu+]. The van der Waals surface area contributed by atoms with Crippen LogP contribution in [0.25, 0.3) is 5.32 Å². The fraction of sp³-hybridized carbons (Fsp3) is 1.00. The predicted octanol–water partition coefficient (Wildman–Crippen LogP) is 2.99. The van der Waals surface area contributed by atoms with Gasteiger partial charge in [0, 0.05) is 5.54 Å². The van der Waals surface area contributed by atoms with Crippen LogP contribution >= 0.6 is 0 Å². The van der Waals surface area contributed by atoms with Crippen molar-refractivity contribution in [1.29, 1.82) is 0 Å². The quantitative estimate of drug-likeness (QED) is 0.682. The van der Waals surface area contributed by atoms with E-state index in [1.165, 1.54) is 19.3 Å². The van der Waals surface area contributed by atoms with Crippen molar-refractivity contribution in [3.05, 3.63) is 5.32 Å². The Morgan fingerprint density at radius 2 is 1.93 bits per heavy atom. The third-order valence-corrected chi connectivity index (χ3v) is 3.36. The second-order valence-electron chi connectivity index (χ2n) is 4.27. The summed E-state index contributed by atoms with van der Waals surface area (Å²) in [4.78, 5) is 2.54. The van der Waals surface area contributed by atoms with Gasteiger partial charge in [0.25, 0.3) is 0 Å². The molecule has 1 fully saturated rings. The van der Waals surface area contributed by atoms with E-state index in [9.17, 15) is 0 Å². The zero-order valence-electron chi connectivity index (χ0n) is 9.81. The van der Waals surface area contributed by atoms with Crippen LogP contribution in [0.2, 0.25) is 0 Å². The number of hydrogen-bond donors (Lipinski definition) is 0. The third kappa shape index (κ3) is 2.96. The van der Waals surface area contributed by atoms with Crippen molar-refractivity contribution in [3.63, 3.8) is 0 Å². The number of hydrogen-bond acceptors (Lipinski definition) is 1. The molecule has 1 unspecified atom stereocenters. The maximum absolute atomic E-state index is 4.57. The molecule has 0 heterocycles. The first-order valence-corrected chi connectivity index (χ1v) is 5.57. The molecule has 0 N–H and O–H groups in total. The maximum Gasteiger partial charge on any atom is 1.00 e. The summed E-state index contributed by atoms with van der Waals surface area (Å²) in [5.74, 6) is 0. The van der Waals surface area contributed by atoms with Gasteiger partial charge in [0.1, 0.15) is 0 Å². The van der Waals surface area contributed by atoms with E-state index in [-0.39, 0.29) is 17.1 Å². The summed E-state index contributed by atoms with van der Waals surface area (Å²) < 4.78 is 0. The second-order valence-corrected chi connectivity index (χ2v) is 4.27. The largest absolute Gasteiger partial charge is 1.00 e. The Bertz CT molecular complexity index is 157. The Morgan fingerprint density at radius 1 is 1.36 bits per heavy atom. The molecule has 0 radical (unpaired) electrons. The Morgan fingerprint density at radius 3 is 2.21 bits per heavy atom. The monoisotopic (exact) mass is 246 g/mol. The Kier molecular flexibility index (Phi) is 6.31. The van der Waals surface area contributed by atoms with E-state index >= 15 is 0 Å². The van der Waals surface area contributed by atoms with Crippen LogP contribution in [0.15, 0.2) is 0 Å². The van der Waals surface area contributed by atoms with E-state index in [0.717, 1.165) is 13.1 Å². The summed E-state index contributed by atoms with van der Waals surface area (Å²) in [7, 11) is 0. The van der Waals surface area contributed by atoms with Crippen LogP contribution in [0, 0.1) is 0 Å². The Labute approximate surface area is 99.3 Å². The smallest absolute Gasteiger partial charge is 0.647 e. The van der Waals surface area contributed by atoms with E-state index < -0.39 is 0 Å². The molecule has 14 heavy (non-hydrogen) atoms. The van der Waals surface area contributed by atoms with Crippen LogP contribution in [-0.4, -0.2) is 29.7 Å². The van der Waals surface area contributed by atoms with Crippen LogP contribution in [0.4, 0.5) is 0 Å². The molecule has 1 saturated carbocycles. The predicted molar refractivity (Wildman–Crippen MR) is 58.0 cm³/mol. The molecule has 0 bridgehead atoms. The molecule has 1 atom stereocenters. The van der Waals surface area contributed by atoms with Gasteiger partial charge in [0.15, 0.2) is 0 Å².